The summed E-state index contributed by atoms with van der Waals surface area (Å²) in [5.74, 6) is 0. The molecule has 1 heterocycles. The predicted octanol–water partition coefficient (Wildman–Crippen LogP) is 2.30. The summed E-state index contributed by atoms with van der Waals surface area (Å²) in [6, 6.07) is 11.5. The van der Waals surface area contributed by atoms with Crippen LogP contribution in [-0.4, -0.2) is 12.8 Å². The summed E-state index contributed by atoms with van der Waals surface area (Å²) < 4.78 is 0.969. The fraction of sp³-hybridized carbons (Fsp3) is 0. The molecular weight excluding hydrogens is 237 g/mol. The molecule has 3 heteroatoms. The van der Waals surface area contributed by atoms with E-state index < -0.39 is 0 Å². The minimum atomic E-state index is 0.734. The van der Waals surface area contributed by atoms with Gasteiger partial charge in [0.25, 0.3) is 0 Å². The van der Waals surface area contributed by atoms with E-state index in [9.17, 15) is 0 Å². The second kappa shape index (κ2) is 3.97. The maximum atomic E-state index is 5.88. The van der Waals surface area contributed by atoms with Crippen molar-refractivity contribution in [2.75, 3.05) is 0 Å². The maximum Gasteiger partial charge on any atom is 0.114 e. The van der Waals surface area contributed by atoms with Crippen LogP contribution < -0.4 is 5.46 Å². The normalized spacial score (nSPS) is 10.1. The van der Waals surface area contributed by atoms with Gasteiger partial charge in [-0.15, -0.1) is 0 Å². The Kier molecular flexibility index (Phi) is 2.68. The van der Waals surface area contributed by atoms with Crippen LogP contribution in [0.15, 0.2) is 47.1 Å². The van der Waals surface area contributed by atoms with E-state index in [1.54, 1.807) is 6.20 Å². The molecule has 0 N–H and O–H groups in total. The standard InChI is InChI=1S/C11H7BBrN/c12-8-4-3-5-9(13)11(8)10-6-1-2-7-14-10/h1-7H. The molecule has 2 rings (SSSR count). The second-order valence-electron chi connectivity index (χ2n) is 2.92. The highest BCUT2D eigenvalue weighted by Gasteiger charge is 2.05. The molecule has 0 aliphatic carbocycles. The number of pyridine rings is 1. The van der Waals surface area contributed by atoms with Gasteiger partial charge in [0.05, 0.1) is 5.69 Å². The highest BCUT2D eigenvalue weighted by atomic mass is 79.9. The van der Waals surface area contributed by atoms with Gasteiger partial charge in [-0.2, -0.15) is 0 Å². The van der Waals surface area contributed by atoms with Crippen molar-refractivity contribution in [3.63, 3.8) is 0 Å². The molecule has 66 valence electrons. The number of aromatic nitrogens is 1. The van der Waals surface area contributed by atoms with Gasteiger partial charge in [-0.05, 0) is 18.2 Å². The molecule has 0 unspecified atom stereocenters. The van der Waals surface area contributed by atoms with Crippen LogP contribution in [0.2, 0.25) is 0 Å². The predicted molar refractivity (Wildman–Crippen MR) is 62.8 cm³/mol. The first-order chi connectivity index (χ1) is 6.79. The first-order valence-corrected chi connectivity index (χ1v) is 5.04. The molecule has 0 amide bonds. The van der Waals surface area contributed by atoms with Crippen LogP contribution in [-0.2, 0) is 0 Å². The Morgan fingerprint density at radius 3 is 2.57 bits per heavy atom. The number of halogens is 1. The first kappa shape index (κ1) is 9.47. The summed E-state index contributed by atoms with van der Waals surface area (Å²) in [7, 11) is 5.88. The smallest absolute Gasteiger partial charge is 0.114 e. The summed E-state index contributed by atoms with van der Waals surface area (Å²) >= 11 is 3.46. The Labute approximate surface area is 92.7 Å². The van der Waals surface area contributed by atoms with E-state index in [0.717, 1.165) is 21.2 Å². The largest absolute Gasteiger partial charge is 0.256 e. The van der Waals surface area contributed by atoms with Gasteiger partial charge < -0.3 is 0 Å². The van der Waals surface area contributed by atoms with Gasteiger partial charge in [-0.1, -0.05) is 39.6 Å². The molecule has 1 nitrogen and oxygen atoms in total. The molecule has 0 aliphatic rings. The molecule has 1 aromatic heterocycles. The topological polar surface area (TPSA) is 12.9 Å². The number of nitrogens with zero attached hydrogens (tertiary/aromatic N) is 1. The van der Waals surface area contributed by atoms with Gasteiger partial charge in [0.1, 0.15) is 7.85 Å². The van der Waals surface area contributed by atoms with Gasteiger partial charge in [-0.3, -0.25) is 4.98 Å². The monoisotopic (exact) mass is 243 g/mol. The minimum Gasteiger partial charge on any atom is -0.256 e. The molecule has 0 bridgehead atoms. The van der Waals surface area contributed by atoms with Crippen molar-refractivity contribution >= 4 is 29.2 Å². The van der Waals surface area contributed by atoms with Crippen molar-refractivity contribution in [3.05, 3.63) is 47.1 Å². The lowest BCUT2D eigenvalue weighted by atomic mass is 9.89. The Morgan fingerprint density at radius 2 is 1.93 bits per heavy atom. The lowest BCUT2D eigenvalue weighted by Crippen LogP contribution is -2.07. The van der Waals surface area contributed by atoms with Crippen LogP contribution >= 0.6 is 15.9 Å². The minimum absolute atomic E-state index is 0.734. The molecule has 1 aromatic carbocycles. The number of hydrogen-bond acceptors (Lipinski definition) is 1. The van der Waals surface area contributed by atoms with Crippen molar-refractivity contribution in [1.29, 1.82) is 0 Å². The molecule has 0 saturated heterocycles. The van der Waals surface area contributed by atoms with E-state index in [1.807, 2.05) is 36.4 Å². The summed E-state index contributed by atoms with van der Waals surface area (Å²) in [5, 5.41) is 0. The van der Waals surface area contributed by atoms with Gasteiger partial charge in [0, 0.05) is 16.2 Å². The summed E-state index contributed by atoms with van der Waals surface area (Å²) in [6.45, 7) is 0. The van der Waals surface area contributed by atoms with E-state index in [-0.39, 0.29) is 0 Å². The second-order valence-corrected chi connectivity index (χ2v) is 3.77. The van der Waals surface area contributed by atoms with E-state index in [4.69, 9.17) is 7.85 Å². The zero-order valence-electron chi connectivity index (χ0n) is 7.44. The third kappa shape index (κ3) is 1.73. The number of benzene rings is 1. The van der Waals surface area contributed by atoms with Crippen LogP contribution in [0.4, 0.5) is 0 Å². The van der Waals surface area contributed by atoms with E-state index in [1.165, 1.54) is 0 Å². The van der Waals surface area contributed by atoms with Gasteiger partial charge >= 0.3 is 0 Å². The molecule has 0 fully saturated rings. The highest BCUT2D eigenvalue weighted by Crippen LogP contribution is 2.23. The summed E-state index contributed by atoms with van der Waals surface area (Å²) in [4.78, 5) is 4.26. The van der Waals surface area contributed by atoms with Crippen molar-refractivity contribution in [2.45, 2.75) is 0 Å². The SMILES string of the molecule is [B]c1cccc(Br)c1-c1ccccn1. The van der Waals surface area contributed by atoms with Crippen molar-refractivity contribution in [1.82, 2.24) is 4.98 Å². The Bertz CT molecular complexity index is 422. The van der Waals surface area contributed by atoms with Gasteiger partial charge in [0.2, 0.25) is 0 Å². The zero-order valence-corrected chi connectivity index (χ0v) is 9.03. The molecule has 0 saturated carbocycles. The van der Waals surface area contributed by atoms with Crippen molar-refractivity contribution in [3.8, 4) is 11.3 Å². The zero-order chi connectivity index (χ0) is 9.97. The van der Waals surface area contributed by atoms with Crippen LogP contribution in [0, 0.1) is 0 Å². The fourth-order valence-electron chi connectivity index (χ4n) is 1.32. The van der Waals surface area contributed by atoms with Crippen molar-refractivity contribution < 1.29 is 0 Å². The molecular formula is C11H7BBrN. The van der Waals surface area contributed by atoms with E-state index >= 15 is 0 Å². The molecule has 0 atom stereocenters. The molecule has 0 spiro atoms. The lowest BCUT2D eigenvalue weighted by molar-refractivity contribution is 1.33. The van der Waals surface area contributed by atoms with Crippen LogP contribution in [0.1, 0.15) is 0 Å². The van der Waals surface area contributed by atoms with E-state index in [0.29, 0.717) is 0 Å². The fourth-order valence-corrected chi connectivity index (χ4v) is 1.91. The van der Waals surface area contributed by atoms with Crippen LogP contribution in [0.5, 0.6) is 0 Å². The Morgan fingerprint density at radius 1 is 1.07 bits per heavy atom. The van der Waals surface area contributed by atoms with Gasteiger partial charge in [-0.25, -0.2) is 0 Å². The number of rotatable bonds is 1. The number of hydrogen-bond donors (Lipinski definition) is 0. The van der Waals surface area contributed by atoms with Crippen LogP contribution in [0.3, 0.4) is 0 Å². The van der Waals surface area contributed by atoms with E-state index in [2.05, 4.69) is 20.9 Å². The first-order valence-electron chi connectivity index (χ1n) is 4.24. The molecule has 2 aromatic rings. The Hall–Kier alpha value is -1.09. The maximum absolute atomic E-state index is 5.88. The van der Waals surface area contributed by atoms with Gasteiger partial charge in [0.15, 0.2) is 0 Å². The third-order valence-electron chi connectivity index (χ3n) is 1.97. The Balaban J connectivity index is 2.63. The van der Waals surface area contributed by atoms with Crippen molar-refractivity contribution in [2.24, 2.45) is 0 Å². The highest BCUT2D eigenvalue weighted by molar-refractivity contribution is 9.10. The van der Waals surface area contributed by atoms with Crippen LogP contribution in [0.25, 0.3) is 11.3 Å². The summed E-state index contributed by atoms with van der Waals surface area (Å²) in [6.07, 6.45) is 1.76. The average Bonchev–Trinajstić information content (AvgIpc) is 2.19. The average molecular weight is 244 g/mol. The quantitative estimate of drug-likeness (QED) is 0.701. The molecule has 14 heavy (non-hydrogen) atoms. The summed E-state index contributed by atoms with van der Waals surface area (Å²) in [5.41, 5.74) is 2.57. The lowest BCUT2D eigenvalue weighted by Gasteiger charge is -2.07. The molecule has 2 radical (unpaired) electrons. The molecule has 0 aliphatic heterocycles. The third-order valence-corrected chi connectivity index (χ3v) is 2.63.